The number of pyridine rings is 1. The molecular formula is C23H17ClF3N3O2. The molecule has 0 aliphatic heterocycles. The van der Waals surface area contributed by atoms with E-state index in [1.54, 1.807) is 48.8 Å². The summed E-state index contributed by atoms with van der Waals surface area (Å²) in [7, 11) is 0. The third kappa shape index (κ3) is 6.24. The third-order valence-electron chi connectivity index (χ3n) is 4.37. The number of benzene rings is 2. The number of para-hydroxylation sites is 1. The van der Waals surface area contributed by atoms with Gasteiger partial charge < -0.3 is 10.1 Å². The smallest absolute Gasteiger partial charge is 0.429 e. The Kier molecular flexibility index (Phi) is 7.37. The van der Waals surface area contributed by atoms with Crippen LogP contribution in [0, 0.1) is 5.41 Å². The van der Waals surface area contributed by atoms with Crippen LogP contribution in [0.4, 0.5) is 18.9 Å². The van der Waals surface area contributed by atoms with E-state index in [0.29, 0.717) is 5.56 Å². The van der Waals surface area contributed by atoms with E-state index in [1.165, 1.54) is 24.3 Å². The first-order valence-electron chi connectivity index (χ1n) is 9.37. The second-order valence-electron chi connectivity index (χ2n) is 6.67. The zero-order chi connectivity index (χ0) is 23.1. The molecule has 0 saturated heterocycles. The third-order valence-corrected chi connectivity index (χ3v) is 4.69. The lowest BCUT2D eigenvalue weighted by Crippen LogP contribution is -2.25. The predicted molar refractivity (Wildman–Crippen MR) is 116 cm³/mol. The summed E-state index contributed by atoms with van der Waals surface area (Å²) in [5.41, 5.74) is 0.154. The van der Waals surface area contributed by atoms with Crippen LogP contribution >= 0.6 is 11.6 Å². The average molecular weight is 460 g/mol. The van der Waals surface area contributed by atoms with Crippen molar-refractivity contribution in [2.24, 2.45) is 4.99 Å². The van der Waals surface area contributed by atoms with Crippen molar-refractivity contribution in [3.63, 3.8) is 0 Å². The molecule has 0 amide bonds. The standard InChI is InChI=1S/C23H17ClF3N3O2/c24-18-3-1-2-4-19(18)30-20(13-21(28)23(25,26)27)16-5-7-17(8-6-16)22(31)32-14-15-9-11-29-12-10-15/h1-12,28H,13-14H2. The molecule has 9 heteroatoms. The highest BCUT2D eigenvalue weighted by Gasteiger charge is 2.35. The van der Waals surface area contributed by atoms with Gasteiger partial charge in [-0.3, -0.25) is 9.98 Å². The number of halogens is 4. The monoisotopic (exact) mass is 459 g/mol. The van der Waals surface area contributed by atoms with E-state index < -0.39 is 24.3 Å². The summed E-state index contributed by atoms with van der Waals surface area (Å²) in [6, 6.07) is 15.7. The Morgan fingerprint density at radius 2 is 1.62 bits per heavy atom. The van der Waals surface area contributed by atoms with Gasteiger partial charge in [-0.1, -0.05) is 35.9 Å². The van der Waals surface area contributed by atoms with Crippen LogP contribution in [0.15, 0.2) is 78.0 Å². The van der Waals surface area contributed by atoms with Gasteiger partial charge in [0.15, 0.2) is 0 Å². The second kappa shape index (κ2) is 10.2. The first-order chi connectivity index (χ1) is 15.2. The Morgan fingerprint density at radius 1 is 1.00 bits per heavy atom. The number of aromatic nitrogens is 1. The van der Waals surface area contributed by atoms with Crippen molar-refractivity contribution in [3.05, 3.63) is 94.8 Å². The molecule has 0 unspecified atom stereocenters. The van der Waals surface area contributed by atoms with E-state index in [-0.39, 0.29) is 28.6 Å². The highest BCUT2D eigenvalue weighted by molar-refractivity contribution is 6.33. The van der Waals surface area contributed by atoms with E-state index in [9.17, 15) is 18.0 Å². The van der Waals surface area contributed by atoms with Gasteiger partial charge in [0, 0.05) is 18.8 Å². The molecule has 0 saturated carbocycles. The fourth-order valence-corrected chi connectivity index (χ4v) is 2.85. The summed E-state index contributed by atoms with van der Waals surface area (Å²) < 4.78 is 44.1. The SMILES string of the molecule is N=C(CC(=Nc1ccccc1Cl)c1ccc(C(=O)OCc2ccncc2)cc1)C(F)(F)F. The molecule has 0 aliphatic rings. The van der Waals surface area contributed by atoms with Crippen LogP contribution in [-0.2, 0) is 11.3 Å². The number of hydrogen-bond donors (Lipinski definition) is 1. The lowest BCUT2D eigenvalue weighted by molar-refractivity contribution is -0.0605. The van der Waals surface area contributed by atoms with Crippen LogP contribution in [0.25, 0.3) is 0 Å². The van der Waals surface area contributed by atoms with E-state index >= 15 is 0 Å². The van der Waals surface area contributed by atoms with Gasteiger partial charge in [0.25, 0.3) is 0 Å². The van der Waals surface area contributed by atoms with E-state index in [2.05, 4.69) is 9.98 Å². The number of ether oxygens (including phenoxy) is 1. The van der Waals surface area contributed by atoms with Crippen LogP contribution in [-0.4, -0.2) is 28.6 Å². The molecule has 164 valence electrons. The zero-order valence-electron chi connectivity index (χ0n) is 16.6. The second-order valence-corrected chi connectivity index (χ2v) is 7.08. The lowest BCUT2D eigenvalue weighted by atomic mass is 10.0. The predicted octanol–water partition coefficient (Wildman–Crippen LogP) is 6.18. The fourth-order valence-electron chi connectivity index (χ4n) is 2.67. The molecule has 3 aromatic rings. The van der Waals surface area contributed by atoms with Crippen molar-refractivity contribution in [1.82, 2.24) is 4.98 Å². The highest BCUT2D eigenvalue weighted by Crippen LogP contribution is 2.27. The maximum Gasteiger partial charge on any atom is 0.429 e. The first-order valence-corrected chi connectivity index (χ1v) is 9.75. The van der Waals surface area contributed by atoms with Gasteiger partial charge in [-0.05, 0) is 47.5 Å². The van der Waals surface area contributed by atoms with E-state index in [0.717, 1.165) is 5.56 Å². The summed E-state index contributed by atoms with van der Waals surface area (Å²) >= 11 is 6.09. The molecule has 0 radical (unpaired) electrons. The molecule has 32 heavy (non-hydrogen) atoms. The summed E-state index contributed by atoms with van der Waals surface area (Å²) in [6.07, 6.45) is -2.37. The van der Waals surface area contributed by atoms with Crippen molar-refractivity contribution in [1.29, 1.82) is 5.41 Å². The minimum Gasteiger partial charge on any atom is -0.457 e. The van der Waals surface area contributed by atoms with Crippen LogP contribution in [0.2, 0.25) is 5.02 Å². The van der Waals surface area contributed by atoms with Crippen LogP contribution < -0.4 is 0 Å². The van der Waals surface area contributed by atoms with Crippen molar-refractivity contribution in [2.75, 3.05) is 0 Å². The molecule has 5 nitrogen and oxygen atoms in total. The molecule has 0 bridgehead atoms. The Balaban J connectivity index is 1.82. The van der Waals surface area contributed by atoms with Crippen molar-refractivity contribution in [3.8, 4) is 0 Å². The number of alkyl halides is 3. The molecule has 0 fully saturated rings. The molecule has 2 aromatic carbocycles. The topological polar surface area (TPSA) is 75.4 Å². The fraction of sp³-hybridized carbons (Fsp3) is 0.130. The number of aliphatic imine (C=N–C) groups is 1. The van der Waals surface area contributed by atoms with Gasteiger partial charge in [0.05, 0.1) is 22.0 Å². The van der Waals surface area contributed by atoms with Crippen molar-refractivity contribution in [2.45, 2.75) is 19.2 Å². The quantitative estimate of drug-likeness (QED) is 0.338. The van der Waals surface area contributed by atoms with Gasteiger partial charge in [-0.25, -0.2) is 4.79 Å². The van der Waals surface area contributed by atoms with Gasteiger partial charge in [0.2, 0.25) is 0 Å². The maximum absolute atomic E-state index is 13.0. The van der Waals surface area contributed by atoms with Gasteiger partial charge in [-0.2, -0.15) is 13.2 Å². The van der Waals surface area contributed by atoms with Crippen molar-refractivity contribution >= 4 is 34.7 Å². The highest BCUT2D eigenvalue weighted by atomic mass is 35.5. The number of carbonyl (C=O) groups is 1. The Bertz CT molecular complexity index is 1130. The maximum atomic E-state index is 13.0. The average Bonchev–Trinajstić information content (AvgIpc) is 2.78. The Hall–Kier alpha value is -3.52. The number of nitrogens with one attached hydrogen (secondary N) is 1. The zero-order valence-corrected chi connectivity index (χ0v) is 17.3. The summed E-state index contributed by atoms with van der Waals surface area (Å²) in [5.74, 6) is -0.582. The lowest BCUT2D eigenvalue weighted by Gasteiger charge is -2.12. The van der Waals surface area contributed by atoms with Gasteiger partial charge in [-0.15, -0.1) is 0 Å². The number of nitrogens with zero attached hydrogens (tertiary/aromatic N) is 2. The molecule has 1 heterocycles. The summed E-state index contributed by atoms with van der Waals surface area (Å²) in [4.78, 5) is 20.4. The van der Waals surface area contributed by atoms with Crippen molar-refractivity contribution < 1.29 is 22.7 Å². The minimum atomic E-state index is -4.78. The largest absolute Gasteiger partial charge is 0.457 e. The Morgan fingerprint density at radius 3 is 2.25 bits per heavy atom. The van der Waals surface area contributed by atoms with Gasteiger partial charge in [0.1, 0.15) is 12.3 Å². The molecule has 0 atom stereocenters. The number of carbonyl (C=O) groups excluding carboxylic acids is 1. The molecule has 1 aromatic heterocycles. The van der Waals surface area contributed by atoms with E-state index in [4.69, 9.17) is 21.7 Å². The van der Waals surface area contributed by atoms with Gasteiger partial charge >= 0.3 is 12.1 Å². The normalized spacial score (nSPS) is 11.8. The first kappa shape index (κ1) is 23.1. The molecular weight excluding hydrogens is 443 g/mol. The summed E-state index contributed by atoms with van der Waals surface area (Å²) in [6.45, 7) is 0.0606. The molecule has 0 aliphatic carbocycles. The van der Waals surface area contributed by atoms with E-state index in [1.807, 2.05) is 0 Å². The minimum absolute atomic E-state index is 0.00266. The Labute approximate surface area is 187 Å². The molecule has 3 rings (SSSR count). The van der Waals surface area contributed by atoms with Crippen LogP contribution in [0.1, 0.15) is 27.9 Å². The number of hydrogen-bond acceptors (Lipinski definition) is 5. The number of esters is 1. The summed E-state index contributed by atoms with van der Waals surface area (Å²) in [5, 5.41) is 7.63. The number of rotatable bonds is 7. The van der Waals surface area contributed by atoms with Crippen LogP contribution in [0.3, 0.4) is 0 Å². The molecule has 0 spiro atoms. The van der Waals surface area contributed by atoms with Crippen LogP contribution in [0.5, 0.6) is 0 Å². The molecule has 1 N–H and O–H groups in total.